The summed E-state index contributed by atoms with van der Waals surface area (Å²) in [6, 6.07) is 20.9. The molecule has 0 saturated heterocycles. The molecule has 32 heavy (non-hydrogen) atoms. The lowest BCUT2D eigenvalue weighted by atomic mass is 10.0. The highest BCUT2D eigenvalue weighted by atomic mass is 35.5. The van der Waals surface area contributed by atoms with Crippen molar-refractivity contribution < 1.29 is 21.6 Å². The Morgan fingerprint density at radius 2 is 1.16 bits per heavy atom. The highest BCUT2D eigenvalue weighted by Crippen LogP contribution is 2.32. The van der Waals surface area contributed by atoms with Crippen LogP contribution in [0.1, 0.15) is 21.9 Å². The van der Waals surface area contributed by atoms with Gasteiger partial charge in [-0.25, -0.2) is 16.8 Å². The van der Waals surface area contributed by atoms with Gasteiger partial charge in [0, 0.05) is 10.0 Å². The molecule has 0 aliphatic heterocycles. The Morgan fingerprint density at radius 3 is 1.62 bits per heavy atom. The minimum absolute atomic E-state index is 0.336. The average molecular weight is 511 g/mol. The van der Waals surface area contributed by atoms with Crippen molar-refractivity contribution in [2.24, 2.45) is 0 Å². The van der Waals surface area contributed by atoms with Crippen molar-refractivity contribution in [2.75, 3.05) is 11.5 Å². The maximum absolute atomic E-state index is 13.3. The van der Waals surface area contributed by atoms with Crippen LogP contribution in [-0.4, -0.2) is 34.1 Å². The number of carbonyl (C=O) groups excluding carboxylic acids is 1. The summed E-state index contributed by atoms with van der Waals surface area (Å²) in [5.74, 6) is -2.97. The van der Waals surface area contributed by atoms with Gasteiger partial charge in [-0.1, -0.05) is 77.8 Å². The largest absolute Gasteiger partial charge is 0.297 e. The summed E-state index contributed by atoms with van der Waals surface area (Å²) in [5.41, 5.74) is 1.36. The minimum Gasteiger partial charge on any atom is -0.297 e. The van der Waals surface area contributed by atoms with E-state index < -0.39 is 42.2 Å². The van der Waals surface area contributed by atoms with Crippen LogP contribution in [0.2, 0.25) is 10.0 Å². The van der Waals surface area contributed by atoms with Crippen molar-refractivity contribution in [1.29, 1.82) is 0 Å². The maximum Gasteiger partial charge on any atom is 0.168 e. The molecule has 0 aliphatic rings. The quantitative estimate of drug-likeness (QED) is 0.417. The summed E-state index contributed by atoms with van der Waals surface area (Å²) < 4.78 is 51.4. The van der Waals surface area contributed by atoms with Gasteiger partial charge < -0.3 is 0 Å². The fraction of sp³-hybridized carbons (Fsp3) is 0.174. The van der Waals surface area contributed by atoms with E-state index in [1.54, 1.807) is 78.9 Å². The van der Waals surface area contributed by atoms with Gasteiger partial charge in [0.05, 0.1) is 5.75 Å². The number of benzene rings is 3. The van der Waals surface area contributed by atoms with Crippen LogP contribution < -0.4 is 0 Å². The molecular weight excluding hydrogens is 491 g/mol. The molecule has 0 atom stereocenters. The zero-order valence-electron chi connectivity index (χ0n) is 16.8. The van der Waals surface area contributed by atoms with E-state index in [1.165, 1.54) is 0 Å². The van der Waals surface area contributed by atoms with E-state index in [0.29, 0.717) is 26.7 Å². The number of carbonyl (C=O) groups is 1. The molecule has 0 saturated carbocycles. The van der Waals surface area contributed by atoms with Crippen LogP contribution >= 0.6 is 23.2 Å². The van der Waals surface area contributed by atoms with Gasteiger partial charge in [-0.3, -0.25) is 4.79 Å². The van der Waals surface area contributed by atoms with Crippen molar-refractivity contribution in [1.82, 2.24) is 0 Å². The molecule has 0 bridgehead atoms. The molecule has 168 valence electrons. The van der Waals surface area contributed by atoms with E-state index in [4.69, 9.17) is 23.2 Å². The minimum atomic E-state index is -4.10. The second-order valence-corrected chi connectivity index (χ2v) is 12.4. The molecule has 0 heterocycles. The first kappa shape index (κ1) is 24.5. The Morgan fingerprint density at radius 1 is 0.688 bits per heavy atom. The van der Waals surface area contributed by atoms with Gasteiger partial charge in [0.15, 0.2) is 25.5 Å². The van der Waals surface area contributed by atoms with Crippen LogP contribution in [0, 0.1) is 0 Å². The molecule has 0 amide bonds. The van der Waals surface area contributed by atoms with E-state index in [2.05, 4.69) is 0 Å². The Bertz CT molecular complexity index is 1240. The molecule has 3 aromatic rings. The lowest BCUT2D eigenvalue weighted by Gasteiger charge is -2.19. The number of rotatable bonds is 9. The second kappa shape index (κ2) is 10.2. The van der Waals surface area contributed by atoms with E-state index >= 15 is 0 Å². The Kier molecular flexibility index (Phi) is 7.77. The second-order valence-electron chi connectivity index (χ2n) is 7.35. The fourth-order valence-corrected chi connectivity index (χ4v) is 6.99. The third-order valence-corrected chi connectivity index (χ3v) is 8.70. The predicted octanol–water partition coefficient (Wildman–Crippen LogP) is 4.68. The van der Waals surface area contributed by atoms with E-state index in [-0.39, 0.29) is 5.75 Å². The molecule has 0 aliphatic carbocycles. The zero-order chi connectivity index (χ0) is 23.4. The van der Waals surface area contributed by atoms with Crippen LogP contribution in [0.4, 0.5) is 0 Å². The molecule has 9 heteroatoms. The molecule has 0 unspecified atom stereocenters. The van der Waals surface area contributed by atoms with Crippen LogP contribution in [0.15, 0.2) is 78.9 Å². The highest BCUT2D eigenvalue weighted by molar-refractivity contribution is 7.93. The zero-order valence-corrected chi connectivity index (χ0v) is 20.0. The predicted molar refractivity (Wildman–Crippen MR) is 127 cm³/mol. The van der Waals surface area contributed by atoms with Crippen LogP contribution in [0.5, 0.6) is 0 Å². The van der Waals surface area contributed by atoms with Crippen molar-refractivity contribution in [3.63, 3.8) is 0 Å². The molecular formula is C23H20Cl2O5S2. The Labute approximate surface area is 197 Å². The SMILES string of the molecule is O=C(CS(=O)(=O)Cc1ccccc1)CS(=O)(=O)C(c1ccc(Cl)cc1)c1ccc(Cl)cc1. The number of Topliss-reactive ketones (excluding diaryl/α,β-unsaturated/α-hetero) is 1. The van der Waals surface area contributed by atoms with Gasteiger partial charge in [0.25, 0.3) is 0 Å². The molecule has 0 radical (unpaired) electrons. The first-order valence-electron chi connectivity index (χ1n) is 9.54. The summed E-state index contributed by atoms with van der Waals surface area (Å²) in [4.78, 5) is 12.5. The van der Waals surface area contributed by atoms with Gasteiger partial charge in [0.1, 0.15) is 16.8 Å². The lowest BCUT2D eigenvalue weighted by molar-refractivity contribution is -0.114. The lowest BCUT2D eigenvalue weighted by Crippen LogP contribution is -2.28. The van der Waals surface area contributed by atoms with Crippen molar-refractivity contribution in [2.45, 2.75) is 11.0 Å². The standard InChI is InChI=1S/C23H20Cl2O5S2/c24-20-10-6-18(7-11-20)23(19-8-12-21(25)13-9-19)32(29,30)16-22(26)15-31(27,28)14-17-4-2-1-3-5-17/h1-13,23H,14-16H2. The van der Waals surface area contributed by atoms with Gasteiger partial charge in [-0.2, -0.15) is 0 Å². The smallest absolute Gasteiger partial charge is 0.168 e. The summed E-state index contributed by atoms with van der Waals surface area (Å²) in [5, 5.41) is -0.300. The molecule has 3 rings (SSSR count). The normalized spacial score (nSPS) is 12.1. The van der Waals surface area contributed by atoms with Crippen molar-refractivity contribution in [3.8, 4) is 0 Å². The highest BCUT2D eigenvalue weighted by Gasteiger charge is 2.32. The number of hydrogen-bond acceptors (Lipinski definition) is 5. The summed E-state index contributed by atoms with van der Waals surface area (Å²) in [6.45, 7) is 0. The third-order valence-electron chi connectivity index (χ3n) is 4.68. The van der Waals surface area contributed by atoms with Crippen molar-refractivity contribution in [3.05, 3.63) is 106 Å². The topological polar surface area (TPSA) is 85.3 Å². The maximum atomic E-state index is 13.3. The van der Waals surface area contributed by atoms with Crippen LogP contribution in [0.3, 0.4) is 0 Å². The molecule has 0 N–H and O–H groups in total. The van der Waals surface area contributed by atoms with E-state index in [0.717, 1.165) is 0 Å². The first-order chi connectivity index (χ1) is 15.1. The number of sulfone groups is 2. The Balaban J connectivity index is 1.85. The molecule has 3 aromatic carbocycles. The average Bonchev–Trinajstić information content (AvgIpc) is 2.70. The van der Waals surface area contributed by atoms with E-state index in [1.807, 2.05) is 0 Å². The van der Waals surface area contributed by atoms with Crippen molar-refractivity contribution >= 4 is 48.7 Å². The summed E-state index contributed by atoms with van der Waals surface area (Å²) in [6.07, 6.45) is 0. The number of halogens is 2. The number of hydrogen-bond donors (Lipinski definition) is 0. The van der Waals surface area contributed by atoms with Gasteiger partial charge >= 0.3 is 0 Å². The fourth-order valence-electron chi connectivity index (χ4n) is 3.36. The summed E-state index contributed by atoms with van der Waals surface area (Å²) >= 11 is 11.9. The van der Waals surface area contributed by atoms with Gasteiger partial charge in [-0.05, 0) is 41.0 Å². The van der Waals surface area contributed by atoms with E-state index in [9.17, 15) is 21.6 Å². The van der Waals surface area contributed by atoms with Crippen LogP contribution in [-0.2, 0) is 30.2 Å². The van der Waals surface area contributed by atoms with Gasteiger partial charge in [0.2, 0.25) is 0 Å². The molecule has 5 nitrogen and oxygen atoms in total. The van der Waals surface area contributed by atoms with Gasteiger partial charge in [-0.15, -0.1) is 0 Å². The molecule has 0 spiro atoms. The number of ketones is 1. The van der Waals surface area contributed by atoms with Crippen LogP contribution in [0.25, 0.3) is 0 Å². The molecule has 0 fully saturated rings. The molecule has 0 aromatic heterocycles. The first-order valence-corrected chi connectivity index (χ1v) is 13.8. The third kappa shape index (κ3) is 6.65. The summed E-state index contributed by atoms with van der Waals surface area (Å²) in [7, 11) is -7.92. The monoisotopic (exact) mass is 510 g/mol. The Hall–Kier alpha value is -2.19.